The zero-order valence-electron chi connectivity index (χ0n) is 14.9. The number of ether oxygens (including phenoxy) is 1. The van der Waals surface area contributed by atoms with Gasteiger partial charge in [-0.05, 0) is 17.5 Å². The molecule has 0 radical (unpaired) electrons. The van der Waals surface area contributed by atoms with Gasteiger partial charge >= 0.3 is 6.18 Å². The van der Waals surface area contributed by atoms with Crippen molar-refractivity contribution in [2.45, 2.75) is 19.0 Å². The van der Waals surface area contributed by atoms with Crippen LogP contribution in [-0.4, -0.2) is 37.7 Å². The molecule has 2 aromatic heterocycles. The van der Waals surface area contributed by atoms with E-state index >= 15 is 0 Å². The first kappa shape index (κ1) is 23.5. The Bertz CT molecular complexity index is 693. The van der Waals surface area contributed by atoms with Gasteiger partial charge in [0, 0.05) is 36.7 Å². The minimum atomic E-state index is -4.40. The number of thiophene rings is 1. The van der Waals surface area contributed by atoms with Crippen LogP contribution in [0.15, 0.2) is 40.8 Å². The molecule has 0 fully saturated rings. The van der Waals surface area contributed by atoms with Gasteiger partial charge in [0.1, 0.15) is 6.61 Å². The maximum atomic E-state index is 12.5. The first-order valence-electron chi connectivity index (χ1n) is 8.04. The number of aliphatic imine (C=N–C) groups is 1. The van der Waals surface area contributed by atoms with E-state index in [0.717, 1.165) is 18.8 Å². The molecule has 2 rings (SSSR count). The van der Waals surface area contributed by atoms with Gasteiger partial charge in [-0.3, -0.25) is 4.99 Å². The maximum absolute atomic E-state index is 12.5. The lowest BCUT2D eigenvalue weighted by atomic mass is 10.1. The second kappa shape index (κ2) is 11.3. The van der Waals surface area contributed by atoms with Gasteiger partial charge in [-0.15, -0.1) is 35.3 Å². The molecule has 5 nitrogen and oxygen atoms in total. The van der Waals surface area contributed by atoms with Crippen LogP contribution in [0.2, 0.25) is 0 Å². The number of nitrogens with one attached hydrogen (secondary N) is 2. The fraction of sp³-hybridized carbons (Fsp3) is 0.412. The molecular weight excluding hydrogens is 492 g/mol. The zero-order valence-corrected chi connectivity index (χ0v) is 18.1. The number of rotatable bonds is 7. The predicted octanol–water partition coefficient (Wildman–Crippen LogP) is 4.13. The lowest BCUT2D eigenvalue weighted by Gasteiger charge is -2.15. The topological polar surface area (TPSA) is 58.5 Å². The van der Waals surface area contributed by atoms with Gasteiger partial charge in [0.05, 0.1) is 12.1 Å². The number of nitrogens with zero attached hydrogens (tertiary/aromatic N) is 2. The molecule has 0 aromatic carbocycles. The number of hydrogen-bond acceptors (Lipinski definition) is 4. The summed E-state index contributed by atoms with van der Waals surface area (Å²) < 4.78 is 42.7. The van der Waals surface area contributed by atoms with E-state index in [1.807, 2.05) is 11.4 Å². The second-order valence-corrected chi connectivity index (χ2v) is 6.51. The van der Waals surface area contributed by atoms with Crippen molar-refractivity contribution in [1.82, 2.24) is 15.6 Å². The summed E-state index contributed by atoms with van der Waals surface area (Å²) in [5.74, 6) is 1.15. The molecule has 2 N–H and O–H groups in total. The van der Waals surface area contributed by atoms with Crippen molar-refractivity contribution >= 4 is 41.3 Å². The lowest BCUT2D eigenvalue weighted by Crippen LogP contribution is -2.40. The summed E-state index contributed by atoms with van der Waals surface area (Å²) in [7, 11) is 1.67. The molecule has 2 aromatic rings. The molecule has 0 amide bonds. The summed E-state index contributed by atoms with van der Waals surface area (Å²) in [6, 6.07) is 6.27. The van der Waals surface area contributed by atoms with E-state index in [0.29, 0.717) is 18.4 Å². The van der Waals surface area contributed by atoms with Crippen LogP contribution >= 0.6 is 35.3 Å². The Kier molecular flexibility index (Phi) is 9.84. The van der Waals surface area contributed by atoms with Crippen LogP contribution in [0.25, 0.3) is 0 Å². The summed E-state index contributed by atoms with van der Waals surface area (Å²) in [5, 5.41) is 8.36. The molecule has 0 aliphatic heterocycles. The van der Waals surface area contributed by atoms with Gasteiger partial charge in [-0.25, -0.2) is 4.98 Å². The zero-order chi connectivity index (χ0) is 19.0. The van der Waals surface area contributed by atoms with Crippen LogP contribution in [0.1, 0.15) is 23.3 Å². The Morgan fingerprint density at radius 1 is 1.30 bits per heavy atom. The third kappa shape index (κ3) is 7.91. The van der Waals surface area contributed by atoms with Crippen molar-refractivity contribution in [2.75, 3.05) is 26.7 Å². The fourth-order valence-electron chi connectivity index (χ4n) is 2.10. The minimum Gasteiger partial charge on any atom is -0.476 e. The first-order chi connectivity index (χ1) is 12.4. The predicted molar refractivity (Wildman–Crippen MR) is 112 cm³/mol. The molecule has 2 heterocycles. The molecule has 0 spiro atoms. The van der Waals surface area contributed by atoms with E-state index in [9.17, 15) is 13.2 Å². The number of alkyl halides is 3. The fourth-order valence-corrected chi connectivity index (χ4v) is 2.89. The second-order valence-electron chi connectivity index (χ2n) is 5.53. The van der Waals surface area contributed by atoms with Crippen LogP contribution < -0.4 is 15.4 Å². The number of hydrogen-bond donors (Lipinski definition) is 2. The largest absolute Gasteiger partial charge is 0.476 e. The molecule has 0 aliphatic carbocycles. The number of guanidine groups is 1. The summed E-state index contributed by atoms with van der Waals surface area (Å²) in [4.78, 5) is 9.08. The normalized spacial score (nSPS) is 12.9. The van der Waals surface area contributed by atoms with Crippen LogP contribution in [-0.2, 0) is 6.18 Å². The highest BCUT2D eigenvalue weighted by atomic mass is 127. The smallest absolute Gasteiger partial charge is 0.417 e. The average molecular weight is 514 g/mol. The molecule has 0 saturated carbocycles. The van der Waals surface area contributed by atoms with E-state index in [4.69, 9.17) is 4.74 Å². The van der Waals surface area contributed by atoms with E-state index in [1.54, 1.807) is 18.4 Å². The molecule has 1 atom stereocenters. The molecule has 150 valence electrons. The van der Waals surface area contributed by atoms with Crippen LogP contribution in [0, 0.1) is 0 Å². The van der Waals surface area contributed by atoms with Crippen LogP contribution in [0.5, 0.6) is 5.88 Å². The standard InChI is InChI=1S/C17H21F3N4OS.HI/c1-12(14-4-3-9-26-14)10-24-16(21-2)22-7-8-25-15-6-5-13(11-23-15)17(18,19)20;/h3-6,9,11-12H,7-8,10H2,1-2H3,(H2,21,22,24);1H. The number of pyridine rings is 1. The third-order valence-electron chi connectivity index (χ3n) is 3.54. The average Bonchev–Trinajstić information content (AvgIpc) is 3.15. The Morgan fingerprint density at radius 3 is 2.63 bits per heavy atom. The van der Waals surface area contributed by atoms with E-state index in [-0.39, 0.29) is 36.5 Å². The number of aromatic nitrogens is 1. The minimum absolute atomic E-state index is 0. The van der Waals surface area contributed by atoms with Crippen LogP contribution in [0.3, 0.4) is 0 Å². The maximum Gasteiger partial charge on any atom is 0.417 e. The molecule has 27 heavy (non-hydrogen) atoms. The van der Waals surface area contributed by atoms with Crippen molar-refractivity contribution < 1.29 is 17.9 Å². The van der Waals surface area contributed by atoms with Crippen molar-refractivity contribution in [1.29, 1.82) is 0 Å². The van der Waals surface area contributed by atoms with Gasteiger partial charge in [0.15, 0.2) is 5.96 Å². The molecule has 1 unspecified atom stereocenters. The molecule has 0 bridgehead atoms. The van der Waals surface area contributed by atoms with Crippen molar-refractivity contribution in [3.05, 3.63) is 46.3 Å². The summed E-state index contributed by atoms with van der Waals surface area (Å²) >= 11 is 1.71. The van der Waals surface area contributed by atoms with Crippen molar-refractivity contribution in [2.24, 2.45) is 4.99 Å². The van der Waals surface area contributed by atoms with Gasteiger partial charge in [0.2, 0.25) is 5.88 Å². The van der Waals surface area contributed by atoms with Crippen molar-refractivity contribution in [3.63, 3.8) is 0 Å². The van der Waals surface area contributed by atoms with E-state index < -0.39 is 11.7 Å². The van der Waals surface area contributed by atoms with Crippen LogP contribution in [0.4, 0.5) is 13.2 Å². The highest BCUT2D eigenvalue weighted by Gasteiger charge is 2.30. The quantitative estimate of drug-likeness (QED) is 0.253. The summed E-state index contributed by atoms with van der Waals surface area (Å²) in [5.41, 5.74) is -0.799. The first-order valence-corrected chi connectivity index (χ1v) is 8.92. The highest BCUT2D eigenvalue weighted by Crippen LogP contribution is 2.29. The van der Waals surface area contributed by atoms with Gasteiger partial charge in [-0.1, -0.05) is 13.0 Å². The third-order valence-corrected chi connectivity index (χ3v) is 4.64. The van der Waals surface area contributed by atoms with Gasteiger partial charge in [-0.2, -0.15) is 13.2 Å². The Morgan fingerprint density at radius 2 is 2.07 bits per heavy atom. The van der Waals surface area contributed by atoms with E-state index in [2.05, 4.69) is 33.6 Å². The molecule has 0 aliphatic rings. The molecule has 10 heteroatoms. The van der Waals surface area contributed by atoms with Crippen molar-refractivity contribution in [3.8, 4) is 5.88 Å². The number of halogens is 4. The molecule has 0 saturated heterocycles. The van der Waals surface area contributed by atoms with Gasteiger partial charge in [0.25, 0.3) is 0 Å². The monoisotopic (exact) mass is 514 g/mol. The lowest BCUT2D eigenvalue weighted by molar-refractivity contribution is -0.137. The van der Waals surface area contributed by atoms with E-state index in [1.165, 1.54) is 10.9 Å². The SMILES string of the molecule is CN=C(NCCOc1ccc(C(F)(F)F)cn1)NCC(C)c1cccs1.I. The Hall–Kier alpha value is -1.56. The Labute approximate surface area is 177 Å². The van der Waals surface area contributed by atoms with Gasteiger partial charge < -0.3 is 15.4 Å². The summed E-state index contributed by atoms with van der Waals surface area (Å²) in [6.45, 7) is 3.56. The highest BCUT2D eigenvalue weighted by molar-refractivity contribution is 14.0. The Balaban J connectivity index is 0.00000364. The molecular formula is C17H22F3IN4OS. The summed E-state index contributed by atoms with van der Waals surface area (Å²) in [6.07, 6.45) is -3.64.